The Morgan fingerprint density at radius 2 is 2.03 bits per heavy atom. The number of carbonyl (C=O) groups is 1. The van der Waals surface area contributed by atoms with Crippen molar-refractivity contribution in [3.8, 4) is 17.2 Å². The van der Waals surface area contributed by atoms with Crippen molar-refractivity contribution in [2.75, 3.05) is 25.6 Å². The number of halogens is 1. The first-order valence-electron chi connectivity index (χ1n) is 10.3. The van der Waals surface area contributed by atoms with Gasteiger partial charge in [0.1, 0.15) is 12.4 Å². The fourth-order valence-electron chi connectivity index (χ4n) is 2.90. The first-order chi connectivity index (χ1) is 15.6. The van der Waals surface area contributed by atoms with E-state index >= 15 is 0 Å². The molecule has 8 heteroatoms. The van der Waals surface area contributed by atoms with Gasteiger partial charge in [-0.3, -0.25) is 4.79 Å². The van der Waals surface area contributed by atoms with Gasteiger partial charge in [-0.15, -0.1) is 0 Å². The van der Waals surface area contributed by atoms with E-state index in [1.807, 2.05) is 35.9 Å². The Kier molecular flexibility index (Phi) is 8.57. The van der Waals surface area contributed by atoms with Crippen LogP contribution in [0.1, 0.15) is 18.9 Å². The molecule has 3 aromatic rings. The molecule has 0 aliphatic rings. The maximum atomic E-state index is 12.5. The summed E-state index contributed by atoms with van der Waals surface area (Å²) in [5.74, 6) is 1.32. The fourth-order valence-corrected chi connectivity index (χ4v) is 3.18. The van der Waals surface area contributed by atoms with E-state index in [-0.39, 0.29) is 5.91 Å². The van der Waals surface area contributed by atoms with Crippen molar-refractivity contribution < 1.29 is 19.0 Å². The number of nitrogens with one attached hydrogen (secondary N) is 1. The lowest BCUT2D eigenvalue weighted by Crippen LogP contribution is -2.11. The number of ether oxygens (including phenoxy) is 3. The van der Waals surface area contributed by atoms with Gasteiger partial charge in [0, 0.05) is 18.5 Å². The van der Waals surface area contributed by atoms with Crippen LogP contribution in [0.15, 0.2) is 61.2 Å². The van der Waals surface area contributed by atoms with Gasteiger partial charge < -0.3 is 24.1 Å². The third-order valence-electron chi connectivity index (χ3n) is 4.44. The molecule has 0 radical (unpaired) electrons. The molecule has 1 amide bonds. The van der Waals surface area contributed by atoms with E-state index < -0.39 is 0 Å². The molecule has 32 heavy (non-hydrogen) atoms. The highest BCUT2D eigenvalue weighted by molar-refractivity contribution is 6.32. The molecule has 0 saturated heterocycles. The smallest absolute Gasteiger partial charge is 0.248 e. The number of carbonyl (C=O) groups excluding carboxylic acids is 1. The molecule has 0 aliphatic carbocycles. The Morgan fingerprint density at radius 3 is 2.78 bits per heavy atom. The minimum atomic E-state index is -0.294. The largest absolute Gasteiger partial charge is 0.493 e. The van der Waals surface area contributed by atoms with Gasteiger partial charge in [0.05, 0.1) is 37.3 Å². The summed E-state index contributed by atoms with van der Waals surface area (Å²) >= 11 is 6.34. The Labute approximate surface area is 192 Å². The number of nitrogens with zero attached hydrogens (tertiary/aromatic N) is 2. The number of methoxy groups -OCH3 is 1. The number of hydrogen-bond donors (Lipinski definition) is 1. The average Bonchev–Trinajstić information content (AvgIpc) is 3.31. The summed E-state index contributed by atoms with van der Waals surface area (Å²) < 4.78 is 18.8. The van der Waals surface area contributed by atoms with Gasteiger partial charge in [-0.05, 0) is 42.3 Å². The van der Waals surface area contributed by atoms with Crippen molar-refractivity contribution in [2.45, 2.75) is 19.9 Å². The van der Waals surface area contributed by atoms with Crippen LogP contribution in [0.25, 0.3) is 6.08 Å². The van der Waals surface area contributed by atoms with E-state index in [0.717, 1.165) is 12.0 Å². The van der Waals surface area contributed by atoms with E-state index in [2.05, 4.69) is 10.3 Å². The molecule has 0 unspecified atom stereocenters. The van der Waals surface area contributed by atoms with Crippen molar-refractivity contribution in [3.63, 3.8) is 0 Å². The molecule has 0 bridgehead atoms. The molecule has 0 saturated carbocycles. The van der Waals surface area contributed by atoms with E-state index in [1.54, 1.807) is 43.9 Å². The third kappa shape index (κ3) is 6.52. The second kappa shape index (κ2) is 11.8. The number of hydrogen-bond acceptors (Lipinski definition) is 5. The van der Waals surface area contributed by atoms with Crippen molar-refractivity contribution in [3.05, 3.63) is 71.8 Å². The topological polar surface area (TPSA) is 74.6 Å². The quantitative estimate of drug-likeness (QED) is 0.409. The molecule has 7 nitrogen and oxygen atoms in total. The lowest BCUT2D eigenvalue weighted by atomic mass is 10.2. The van der Waals surface area contributed by atoms with Gasteiger partial charge in [0.15, 0.2) is 11.5 Å². The SMILES string of the molecule is CCCOc1c(Cl)cc(/C=C/C(=O)Nc2ccccc2OCCn2ccnc2)cc1OC. The minimum Gasteiger partial charge on any atom is -0.493 e. The van der Waals surface area contributed by atoms with Crippen LogP contribution < -0.4 is 19.5 Å². The van der Waals surface area contributed by atoms with Crippen molar-refractivity contribution >= 4 is 29.3 Å². The summed E-state index contributed by atoms with van der Waals surface area (Å²) in [6.07, 6.45) is 9.26. The highest BCUT2D eigenvalue weighted by atomic mass is 35.5. The minimum absolute atomic E-state index is 0.294. The zero-order valence-corrected chi connectivity index (χ0v) is 18.8. The fraction of sp³-hybridized carbons (Fsp3) is 0.250. The van der Waals surface area contributed by atoms with E-state index in [4.69, 9.17) is 25.8 Å². The number of amides is 1. The van der Waals surface area contributed by atoms with Crippen molar-refractivity contribution in [1.82, 2.24) is 9.55 Å². The van der Waals surface area contributed by atoms with E-state index in [1.165, 1.54) is 6.08 Å². The Balaban J connectivity index is 1.63. The van der Waals surface area contributed by atoms with Crippen LogP contribution in [0.5, 0.6) is 17.2 Å². The predicted molar refractivity (Wildman–Crippen MR) is 126 cm³/mol. The molecule has 1 aromatic heterocycles. The van der Waals surface area contributed by atoms with Gasteiger partial charge in [-0.25, -0.2) is 4.98 Å². The molecule has 0 fully saturated rings. The number of benzene rings is 2. The lowest BCUT2D eigenvalue weighted by Gasteiger charge is -2.13. The van der Waals surface area contributed by atoms with E-state index in [0.29, 0.717) is 47.7 Å². The van der Waals surface area contributed by atoms with Crippen LogP contribution in [-0.4, -0.2) is 35.8 Å². The Morgan fingerprint density at radius 1 is 1.19 bits per heavy atom. The molecule has 0 spiro atoms. The monoisotopic (exact) mass is 455 g/mol. The van der Waals surface area contributed by atoms with E-state index in [9.17, 15) is 4.79 Å². The van der Waals surface area contributed by atoms with Crippen LogP contribution in [0.2, 0.25) is 5.02 Å². The summed E-state index contributed by atoms with van der Waals surface area (Å²) in [4.78, 5) is 16.5. The molecule has 0 atom stereocenters. The summed E-state index contributed by atoms with van der Waals surface area (Å²) in [6.45, 7) is 3.66. The van der Waals surface area contributed by atoms with Crippen LogP contribution in [0, 0.1) is 0 Å². The zero-order valence-electron chi connectivity index (χ0n) is 18.1. The maximum absolute atomic E-state index is 12.5. The van der Waals surface area contributed by atoms with Crippen molar-refractivity contribution in [1.29, 1.82) is 0 Å². The van der Waals surface area contributed by atoms with Crippen LogP contribution in [-0.2, 0) is 11.3 Å². The molecular weight excluding hydrogens is 430 g/mol. The number of aromatic nitrogens is 2. The summed E-state index contributed by atoms with van der Waals surface area (Å²) in [5, 5.41) is 3.27. The van der Waals surface area contributed by atoms with Gasteiger partial charge in [0.25, 0.3) is 0 Å². The average molecular weight is 456 g/mol. The summed E-state index contributed by atoms with van der Waals surface area (Å²) in [6, 6.07) is 10.8. The van der Waals surface area contributed by atoms with Gasteiger partial charge in [-0.1, -0.05) is 30.7 Å². The van der Waals surface area contributed by atoms with Crippen molar-refractivity contribution in [2.24, 2.45) is 0 Å². The Bertz CT molecular complexity index is 1050. The maximum Gasteiger partial charge on any atom is 0.248 e. The second-order valence-corrected chi connectivity index (χ2v) is 7.26. The first kappa shape index (κ1) is 23.2. The molecule has 2 aromatic carbocycles. The number of anilines is 1. The summed E-state index contributed by atoms with van der Waals surface area (Å²) in [7, 11) is 1.55. The molecule has 3 rings (SSSR count). The predicted octanol–water partition coefficient (Wildman–Crippen LogP) is 5.06. The number of rotatable bonds is 11. The van der Waals surface area contributed by atoms with Gasteiger partial charge in [-0.2, -0.15) is 0 Å². The molecule has 168 valence electrons. The molecule has 1 N–H and O–H groups in total. The van der Waals surface area contributed by atoms with Crippen LogP contribution in [0.4, 0.5) is 5.69 Å². The van der Waals surface area contributed by atoms with Gasteiger partial charge in [0.2, 0.25) is 5.91 Å². The normalized spacial score (nSPS) is 10.8. The molecular formula is C24H26ClN3O4. The summed E-state index contributed by atoms with van der Waals surface area (Å²) in [5.41, 5.74) is 1.31. The highest BCUT2D eigenvalue weighted by Crippen LogP contribution is 2.37. The second-order valence-electron chi connectivity index (χ2n) is 6.85. The molecule has 1 heterocycles. The van der Waals surface area contributed by atoms with Crippen LogP contribution >= 0.6 is 11.6 Å². The third-order valence-corrected chi connectivity index (χ3v) is 4.72. The number of para-hydroxylation sites is 2. The molecule has 0 aliphatic heterocycles. The highest BCUT2D eigenvalue weighted by Gasteiger charge is 2.11. The van der Waals surface area contributed by atoms with Gasteiger partial charge >= 0.3 is 0 Å². The lowest BCUT2D eigenvalue weighted by molar-refractivity contribution is -0.111. The standard InChI is InChI=1S/C24H26ClN3O4/c1-3-13-32-24-19(25)15-18(16-22(24)30-2)8-9-23(29)27-20-6-4-5-7-21(20)31-14-12-28-11-10-26-17-28/h4-11,15-17H,3,12-14H2,1-2H3,(H,27,29)/b9-8+. The van der Waals surface area contributed by atoms with Crippen LogP contribution in [0.3, 0.4) is 0 Å². The Hall–Kier alpha value is -3.45. The zero-order chi connectivity index (χ0) is 22.8. The first-order valence-corrected chi connectivity index (χ1v) is 10.7. The number of imidazole rings is 1.